The third-order valence-electron chi connectivity index (χ3n) is 4.67. The molecule has 0 bridgehead atoms. The fourth-order valence-electron chi connectivity index (χ4n) is 3.26. The van der Waals surface area contributed by atoms with E-state index < -0.39 is 11.7 Å². The smallest absolute Gasteiger partial charge is 0.367 e. The van der Waals surface area contributed by atoms with E-state index in [9.17, 15) is 9.59 Å². The highest BCUT2D eigenvalue weighted by Gasteiger charge is 2.23. The molecule has 0 aliphatic rings. The molecule has 32 heavy (non-hydrogen) atoms. The minimum absolute atomic E-state index is 0.0350. The van der Waals surface area contributed by atoms with Crippen molar-refractivity contribution in [3.8, 4) is 28.1 Å². The van der Waals surface area contributed by atoms with Crippen LogP contribution in [-0.2, 0) is 16.6 Å². The number of benzene rings is 2. The van der Waals surface area contributed by atoms with Crippen LogP contribution >= 0.6 is 23.2 Å². The number of carbonyl (C=O) groups is 1. The molecule has 4 rings (SSSR count). The van der Waals surface area contributed by atoms with Crippen molar-refractivity contribution in [2.75, 3.05) is 13.2 Å². The van der Waals surface area contributed by atoms with Gasteiger partial charge in [0.15, 0.2) is 5.65 Å². The fourth-order valence-corrected chi connectivity index (χ4v) is 3.51. The number of hydrogen-bond donors (Lipinski definition) is 0. The number of ether oxygens (including phenoxy) is 2. The first-order valence-electron chi connectivity index (χ1n) is 9.63. The highest BCUT2D eigenvalue weighted by Crippen LogP contribution is 2.40. The number of carbonyl (C=O) groups excluding carboxylic acids is 1. The molecule has 0 N–H and O–H groups in total. The Morgan fingerprint density at radius 2 is 1.47 bits per heavy atom. The number of aromatic nitrogens is 4. The second-order valence-electron chi connectivity index (χ2n) is 6.90. The van der Waals surface area contributed by atoms with Gasteiger partial charge in [-0.3, -0.25) is 4.79 Å². The van der Waals surface area contributed by atoms with Crippen LogP contribution in [0, 0.1) is 0 Å². The lowest BCUT2D eigenvalue weighted by atomic mass is 9.96. The third kappa shape index (κ3) is 4.32. The maximum Gasteiger partial charge on any atom is 0.367 e. The van der Waals surface area contributed by atoms with E-state index in [4.69, 9.17) is 32.7 Å². The van der Waals surface area contributed by atoms with Crippen molar-refractivity contribution in [3.63, 3.8) is 0 Å². The quantitative estimate of drug-likeness (QED) is 0.311. The summed E-state index contributed by atoms with van der Waals surface area (Å²) in [6, 6.07) is 14.3. The van der Waals surface area contributed by atoms with E-state index in [1.54, 1.807) is 31.3 Å². The summed E-state index contributed by atoms with van der Waals surface area (Å²) in [6.07, 6.45) is 0. The Morgan fingerprint density at radius 1 is 0.906 bits per heavy atom. The number of rotatable bonds is 6. The standard InChI is InChI=1S/C22H18Cl2N4O4/c1-13(29)31-11-12-32-21-19(15-5-9-17(24)10-6-15)18(14-3-7-16(23)8-4-14)20-25-27(2)22(30)28(20)26-21/h3-10H,11-12H2,1-2H3. The second-order valence-corrected chi connectivity index (χ2v) is 7.77. The molecule has 0 aliphatic carbocycles. The van der Waals surface area contributed by atoms with Crippen molar-refractivity contribution in [1.29, 1.82) is 0 Å². The number of fused-ring (bicyclic) bond motifs is 1. The van der Waals surface area contributed by atoms with Gasteiger partial charge in [-0.2, -0.15) is 4.52 Å². The molecular weight excluding hydrogens is 455 g/mol. The molecule has 0 aliphatic heterocycles. The fraction of sp³-hybridized carbons (Fsp3) is 0.182. The molecule has 0 radical (unpaired) electrons. The highest BCUT2D eigenvalue weighted by atomic mass is 35.5. The zero-order valence-corrected chi connectivity index (χ0v) is 18.7. The highest BCUT2D eigenvalue weighted by molar-refractivity contribution is 6.31. The average molecular weight is 473 g/mol. The van der Waals surface area contributed by atoms with Crippen molar-refractivity contribution in [2.45, 2.75) is 6.92 Å². The van der Waals surface area contributed by atoms with E-state index in [1.807, 2.05) is 24.3 Å². The molecule has 2 aromatic carbocycles. The van der Waals surface area contributed by atoms with E-state index in [-0.39, 0.29) is 19.1 Å². The Bertz CT molecular complexity index is 1350. The van der Waals surface area contributed by atoms with Crippen LogP contribution in [0.15, 0.2) is 53.3 Å². The van der Waals surface area contributed by atoms with E-state index in [2.05, 4.69) is 10.2 Å². The molecule has 0 saturated heterocycles. The number of esters is 1. The first-order valence-corrected chi connectivity index (χ1v) is 10.4. The summed E-state index contributed by atoms with van der Waals surface area (Å²) >= 11 is 12.2. The molecule has 4 aromatic rings. The number of hydrogen-bond acceptors (Lipinski definition) is 6. The Morgan fingerprint density at radius 3 is 2.03 bits per heavy atom. The van der Waals surface area contributed by atoms with E-state index >= 15 is 0 Å². The third-order valence-corrected chi connectivity index (χ3v) is 5.18. The van der Waals surface area contributed by atoms with Gasteiger partial charge in [0.05, 0.1) is 5.56 Å². The van der Waals surface area contributed by atoms with Gasteiger partial charge in [-0.25, -0.2) is 9.48 Å². The van der Waals surface area contributed by atoms with Gasteiger partial charge in [-0.05, 0) is 35.4 Å². The maximum atomic E-state index is 12.7. The topological polar surface area (TPSA) is 87.7 Å². The monoisotopic (exact) mass is 472 g/mol. The predicted molar refractivity (Wildman–Crippen MR) is 121 cm³/mol. The van der Waals surface area contributed by atoms with Crippen molar-refractivity contribution in [3.05, 3.63) is 69.1 Å². The first kappa shape index (κ1) is 21.9. The zero-order valence-electron chi connectivity index (χ0n) is 17.2. The summed E-state index contributed by atoms with van der Waals surface area (Å²) in [6.45, 7) is 1.40. The summed E-state index contributed by atoms with van der Waals surface area (Å²) in [5.74, 6) is -0.229. The molecular formula is C22H18Cl2N4O4. The lowest BCUT2D eigenvalue weighted by molar-refractivity contribution is -0.141. The normalized spacial score (nSPS) is 11.0. The van der Waals surface area contributed by atoms with E-state index in [0.717, 1.165) is 11.1 Å². The molecule has 0 unspecified atom stereocenters. The minimum atomic E-state index is -0.428. The molecule has 0 amide bonds. The van der Waals surface area contributed by atoms with Gasteiger partial charge >= 0.3 is 11.7 Å². The first-order chi connectivity index (χ1) is 15.3. The van der Waals surface area contributed by atoms with Crippen LogP contribution in [0.25, 0.3) is 27.9 Å². The van der Waals surface area contributed by atoms with Crippen LogP contribution in [0.3, 0.4) is 0 Å². The molecule has 10 heteroatoms. The number of halogens is 2. The van der Waals surface area contributed by atoms with Crippen LogP contribution in [-0.4, -0.2) is 38.6 Å². The van der Waals surface area contributed by atoms with Crippen LogP contribution in [0.4, 0.5) is 0 Å². The van der Waals surface area contributed by atoms with E-state index in [0.29, 0.717) is 26.8 Å². The van der Waals surface area contributed by atoms with Crippen LogP contribution < -0.4 is 10.4 Å². The van der Waals surface area contributed by atoms with Gasteiger partial charge in [-0.15, -0.1) is 10.2 Å². The molecule has 2 aromatic heterocycles. The maximum absolute atomic E-state index is 12.7. The molecule has 0 fully saturated rings. The van der Waals surface area contributed by atoms with Crippen molar-refractivity contribution >= 4 is 34.8 Å². The van der Waals surface area contributed by atoms with Crippen molar-refractivity contribution in [2.24, 2.45) is 7.05 Å². The SMILES string of the molecule is CC(=O)OCCOc1nn2c(=O)n(C)nc2c(-c2ccc(Cl)cc2)c1-c1ccc(Cl)cc1. The van der Waals surface area contributed by atoms with Gasteiger partial charge in [-0.1, -0.05) is 47.5 Å². The molecule has 0 spiro atoms. The zero-order chi connectivity index (χ0) is 22.8. The molecule has 0 atom stereocenters. The summed E-state index contributed by atoms with van der Waals surface area (Å²) in [5.41, 5.74) is 2.71. The Balaban J connectivity index is 1.99. The molecule has 8 nitrogen and oxygen atoms in total. The van der Waals surface area contributed by atoms with Gasteiger partial charge in [0.25, 0.3) is 0 Å². The van der Waals surface area contributed by atoms with Gasteiger partial charge in [0, 0.05) is 29.6 Å². The second kappa shape index (κ2) is 9.02. The number of nitrogens with zero attached hydrogens (tertiary/aromatic N) is 4. The molecule has 0 saturated carbocycles. The average Bonchev–Trinajstić information content (AvgIpc) is 3.05. The molecule has 2 heterocycles. The Kier molecular flexibility index (Phi) is 6.16. The van der Waals surface area contributed by atoms with Crippen LogP contribution in [0.2, 0.25) is 10.0 Å². The Hall–Kier alpha value is -3.36. The predicted octanol–water partition coefficient (Wildman–Crippen LogP) is 4.01. The van der Waals surface area contributed by atoms with Crippen molar-refractivity contribution < 1.29 is 14.3 Å². The number of aryl methyl sites for hydroxylation is 1. The van der Waals surface area contributed by atoms with Crippen LogP contribution in [0.1, 0.15) is 6.92 Å². The van der Waals surface area contributed by atoms with Gasteiger partial charge in [0.2, 0.25) is 5.88 Å². The summed E-state index contributed by atoms with van der Waals surface area (Å²) in [5, 5.41) is 9.95. The van der Waals surface area contributed by atoms with Crippen LogP contribution in [0.5, 0.6) is 5.88 Å². The molecule has 164 valence electrons. The van der Waals surface area contributed by atoms with Crippen molar-refractivity contribution in [1.82, 2.24) is 19.4 Å². The summed E-state index contributed by atoms with van der Waals surface area (Å²) < 4.78 is 13.2. The van der Waals surface area contributed by atoms with Gasteiger partial charge < -0.3 is 9.47 Å². The lowest BCUT2D eigenvalue weighted by Crippen LogP contribution is -2.20. The largest absolute Gasteiger partial charge is 0.473 e. The summed E-state index contributed by atoms with van der Waals surface area (Å²) in [4.78, 5) is 23.8. The minimum Gasteiger partial charge on any atom is -0.473 e. The Labute approximate surface area is 192 Å². The van der Waals surface area contributed by atoms with E-state index in [1.165, 1.54) is 16.1 Å². The lowest BCUT2D eigenvalue weighted by Gasteiger charge is -2.16. The van der Waals surface area contributed by atoms with Gasteiger partial charge in [0.1, 0.15) is 13.2 Å². The summed E-state index contributed by atoms with van der Waals surface area (Å²) in [7, 11) is 1.55.